The van der Waals surface area contributed by atoms with Crippen LogP contribution in [0, 0.1) is 0 Å². The molecule has 0 amide bonds. The van der Waals surface area contributed by atoms with Crippen LogP contribution in [0.15, 0.2) is 24.7 Å². The van der Waals surface area contributed by atoms with Crippen molar-refractivity contribution in [2.45, 2.75) is 20.3 Å². The first-order valence-corrected chi connectivity index (χ1v) is 8.18. The van der Waals surface area contributed by atoms with Crippen LogP contribution in [-0.4, -0.2) is 52.7 Å². The maximum Gasteiger partial charge on any atom is 0.225 e. The summed E-state index contributed by atoms with van der Waals surface area (Å²) >= 11 is 0. The number of nitrogens with zero attached hydrogens (tertiary/aromatic N) is 6. The van der Waals surface area contributed by atoms with Gasteiger partial charge in [-0.15, -0.1) is 0 Å². The topological polar surface area (TPSA) is 70.1 Å². The molecule has 0 aromatic carbocycles. The van der Waals surface area contributed by atoms with E-state index in [4.69, 9.17) is 0 Å². The van der Waals surface area contributed by atoms with Gasteiger partial charge in [0.1, 0.15) is 5.82 Å². The van der Waals surface area contributed by atoms with E-state index in [1.807, 2.05) is 25.4 Å². The molecule has 2 aromatic heterocycles. The largest absolute Gasteiger partial charge is 0.354 e. The lowest BCUT2D eigenvalue weighted by Crippen LogP contribution is -2.47. The third-order valence-electron chi connectivity index (χ3n) is 3.96. The lowest BCUT2D eigenvalue weighted by atomic mass is 10.3. The highest BCUT2D eigenvalue weighted by atomic mass is 15.3. The van der Waals surface area contributed by atoms with Crippen molar-refractivity contribution >= 4 is 17.7 Å². The molecule has 1 saturated heterocycles. The van der Waals surface area contributed by atoms with Crippen molar-refractivity contribution in [1.29, 1.82) is 0 Å². The molecule has 0 aliphatic carbocycles. The van der Waals surface area contributed by atoms with Crippen molar-refractivity contribution in [1.82, 2.24) is 19.9 Å². The summed E-state index contributed by atoms with van der Waals surface area (Å²) in [5, 5.41) is 3.15. The number of rotatable bonds is 5. The molecule has 1 N–H and O–H groups in total. The third-order valence-corrected chi connectivity index (χ3v) is 3.96. The molecule has 7 nitrogen and oxygen atoms in total. The number of anilines is 3. The Bertz CT molecular complexity index is 621. The molecule has 23 heavy (non-hydrogen) atoms. The van der Waals surface area contributed by atoms with Crippen molar-refractivity contribution in [3.63, 3.8) is 0 Å². The molecule has 1 aliphatic rings. The maximum absolute atomic E-state index is 4.56. The SMILES string of the molecule is CCNc1nccc(N2CCN(c3ncc(CC)cn3)CC2)n1. The summed E-state index contributed by atoms with van der Waals surface area (Å²) in [6, 6.07) is 1.96. The molecule has 122 valence electrons. The molecule has 3 rings (SSSR count). The maximum atomic E-state index is 4.56. The van der Waals surface area contributed by atoms with Gasteiger partial charge < -0.3 is 15.1 Å². The quantitative estimate of drug-likeness (QED) is 0.898. The minimum absolute atomic E-state index is 0.686. The van der Waals surface area contributed by atoms with Gasteiger partial charge >= 0.3 is 0 Å². The third kappa shape index (κ3) is 3.67. The van der Waals surface area contributed by atoms with E-state index in [0.29, 0.717) is 5.95 Å². The molecule has 0 spiro atoms. The second-order valence-electron chi connectivity index (χ2n) is 5.49. The average molecular weight is 313 g/mol. The van der Waals surface area contributed by atoms with Gasteiger partial charge in [-0.25, -0.2) is 15.0 Å². The molecule has 7 heteroatoms. The van der Waals surface area contributed by atoms with Gasteiger partial charge in [0.05, 0.1) is 0 Å². The predicted molar refractivity (Wildman–Crippen MR) is 92.0 cm³/mol. The van der Waals surface area contributed by atoms with Crippen LogP contribution in [0.4, 0.5) is 17.7 Å². The van der Waals surface area contributed by atoms with Gasteiger partial charge in [0.15, 0.2) is 0 Å². The van der Waals surface area contributed by atoms with Gasteiger partial charge in [-0.1, -0.05) is 6.92 Å². The van der Waals surface area contributed by atoms with E-state index in [1.54, 1.807) is 6.20 Å². The fraction of sp³-hybridized carbons (Fsp3) is 0.500. The van der Waals surface area contributed by atoms with Crippen LogP contribution in [0.5, 0.6) is 0 Å². The first-order chi connectivity index (χ1) is 11.3. The summed E-state index contributed by atoms with van der Waals surface area (Å²) in [6.07, 6.45) is 6.61. The highest BCUT2D eigenvalue weighted by molar-refractivity contribution is 5.45. The first kappa shape index (κ1) is 15.5. The highest BCUT2D eigenvalue weighted by Gasteiger charge is 2.20. The Morgan fingerprint density at radius 1 is 1.00 bits per heavy atom. The summed E-state index contributed by atoms with van der Waals surface area (Å²) in [5.41, 5.74) is 1.17. The van der Waals surface area contributed by atoms with Crippen molar-refractivity contribution in [2.24, 2.45) is 0 Å². The van der Waals surface area contributed by atoms with Crippen molar-refractivity contribution in [2.75, 3.05) is 47.8 Å². The molecular formula is C16H23N7. The number of aryl methyl sites for hydroxylation is 1. The van der Waals surface area contributed by atoms with Gasteiger partial charge in [-0.2, -0.15) is 4.98 Å². The van der Waals surface area contributed by atoms with E-state index in [2.05, 4.69) is 42.0 Å². The fourth-order valence-corrected chi connectivity index (χ4v) is 2.60. The molecule has 2 aromatic rings. The number of hydrogen-bond donors (Lipinski definition) is 1. The molecule has 0 saturated carbocycles. The van der Waals surface area contributed by atoms with Gasteiger partial charge in [0.25, 0.3) is 0 Å². The van der Waals surface area contributed by atoms with E-state index in [1.165, 1.54) is 5.56 Å². The Kier molecular flexibility index (Phi) is 4.85. The molecule has 0 radical (unpaired) electrons. The molecule has 0 atom stereocenters. The van der Waals surface area contributed by atoms with Gasteiger partial charge in [-0.05, 0) is 25.0 Å². The van der Waals surface area contributed by atoms with E-state index < -0.39 is 0 Å². The fourth-order valence-electron chi connectivity index (χ4n) is 2.60. The Morgan fingerprint density at radius 2 is 1.70 bits per heavy atom. The minimum Gasteiger partial charge on any atom is -0.354 e. The normalized spacial score (nSPS) is 14.9. The van der Waals surface area contributed by atoms with Crippen LogP contribution in [-0.2, 0) is 6.42 Å². The van der Waals surface area contributed by atoms with Crippen molar-refractivity contribution in [3.8, 4) is 0 Å². The van der Waals surface area contributed by atoms with Crippen LogP contribution in [0.1, 0.15) is 19.4 Å². The molecule has 1 aliphatic heterocycles. The average Bonchev–Trinajstić information content (AvgIpc) is 2.62. The predicted octanol–water partition coefficient (Wildman–Crippen LogP) is 1.59. The van der Waals surface area contributed by atoms with Gasteiger partial charge in [-0.3, -0.25) is 0 Å². The zero-order chi connectivity index (χ0) is 16.1. The lowest BCUT2D eigenvalue weighted by molar-refractivity contribution is 0.633. The number of aromatic nitrogens is 4. The van der Waals surface area contributed by atoms with Crippen LogP contribution in [0.2, 0.25) is 0 Å². The second-order valence-corrected chi connectivity index (χ2v) is 5.49. The molecule has 0 unspecified atom stereocenters. The molecule has 0 bridgehead atoms. The number of hydrogen-bond acceptors (Lipinski definition) is 7. The van der Waals surface area contributed by atoms with Gasteiger partial charge in [0.2, 0.25) is 11.9 Å². The van der Waals surface area contributed by atoms with E-state index >= 15 is 0 Å². The molecular weight excluding hydrogens is 290 g/mol. The summed E-state index contributed by atoms with van der Waals surface area (Å²) in [7, 11) is 0. The van der Waals surface area contributed by atoms with Crippen molar-refractivity contribution in [3.05, 3.63) is 30.2 Å². The Balaban J connectivity index is 1.62. The second kappa shape index (κ2) is 7.21. The summed E-state index contributed by atoms with van der Waals surface area (Å²) in [6.45, 7) is 8.57. The minimum atomic E-state index is 0.686. The monoisotopic (exact) mass is 313 g/mol. The van der Waals surface area contributed by atoms with Crippen LogP contribution in [0.3, 0.4) is 0 Å². The zero-order valence-corrected chi connectivity index (χ0v) is 13.7. The smallest absolute Gasteiger partial charge is 0.225 e. The molecule has 1 fully saturated rings. The van der Waals surface area contributed by atoms with E-state index in [9.17, 15) is 0 Å². The Morgan fingerprint density at radius 3 is 2.35 bits per heavy atom. The van der Waals surface area contributed by atoms with E-state index in [-0.39, 0.29) is 0 Å². The number of piperazine rings is 1. The lowest BCUT2D eigenvalue weighted by Gasteiger charge is -2.35. The standard InChI is InChI=1S/C16H23N7/c1-3-13-11-19-16(20-12-13)23-9-7-22(8-10-23)14-5-6-18-15(21-14)17-4-2/h5-6,11-12H,3-4,7-10H2,1-2H3,(H,17,18,21). The summed E-state index contributed by atoms with van der Waals surface area (Å²) in [5.74, 6) is 2.47. The summed E-state index contributed by atoms with van der Waals surface area (Å²) in [4.78, 5) is 22.2. The summed E-state index contributed by atoms with van der Waals surface area (Å²) < 4.78 is 0. The van der Waals surface area contributed by atoms with Crippen LogP contribution >= 0.6 is 0 Å². The van der Waals surface area contributed by atoms with E-state index in [0.717, 1.165) is 50.9 Å². The van der Waals surface area contributed by atoms with Gasteiger partial charge in [0, 0.05) is 51.3 Å². The highest BCUT2D eigenvalue weighted by Crippen LogP contribution is 2.17. The molecule has 3 heterocycles. The first-order valence-electron chi connectivity index (χ1n) is 8.18. The Labute approximate surface area is 136 Å². The van der Waals surface area contributed by atoms with Crippen LogP contribution in [0.25, 0.3) is 0 Å². The zero-order valence-electron chi connectivity index (χ0n) is 13.7. The number of nitrogens with one attached hydrogen (secondary N) is 1. The van der Waals surface area contributed by atoms with Crippen LogP contribution < -0.4 is 15.1 Å². The van der Waals surface area contributed by atoms with Crippen molar-refractivity contribution < 1.29 is 0 Å². The Hall–Kier alpha value is -2.44.